The summed E-state index contributed by atoms with van der Waals surface area (Å²) in [6.45, 7) is 4.68. The molecule has 1 heteroatoms. The third-order valence-corrected chi connectivity index (χ3v) is 5.65. The van der Waals surface area contributed by atoms with E-state index in [1.165, 1.54) is 63.4 Å². The van der Waals surface area contributed by atoms with Gasteiger partial charge < -0.3 is 0 Å². The van der Waals surface area contributed by atoms with E-state index < -0.39 is 0 Å². The average molecular weight is 307 g/mol. The maximum Gasteiger partial charge on any atom is 0.0406 e. The quantitative estimate of drug-likeness (QED) is 0.499. The molecule has 2 rings (SSSR count). The van der Waals surface area contributed by atoms with Crippen LogP contribution in [-0.2, 0) is 0 Å². The van der Waals surface area contributed by atoms with E-state index in [0.29, 0.717) is 0 Å². The highest BCUT2D eigenvalue weighted by Crippen LogP contribution is 2.39. The minimum Gasteiger partial charge on any atom is -0.0843 e. The van der Waals surface area contributed by atoms with Gasteiger partial charge in [0.05, 0.1) is 0 Å². The first-order valence-corrected chi connectivity index (χ1v) is 9.36. The second-order valence-corrected chi connectivity index (χ2v) is 7.36. The zero-order chi connectivity index (χ0) is 15.1. The van der Waals surface area contributed by atoms with Crippen LogP contribution in [0.2, 0.25) is 5.02 Å². The Labute approximate surface area is 136 Å². The topological polar surface area (TPSA) is 0 Å². The molecule has 1 aromatic carbocycles. The number of hydrogen-bond donors (Lipinski definition) is 0. The second-order valence-electron chi connectivity index (χ2n) is 6.92. The zero-order valence-corrected chi connectivity index (χ0v) is 14.5. The van der Waals surface area contributed by atoms with Gasteiger partial charge in [-0.15, -0.1) is 0 Å². The molecule has 0 saturated heterocycles. The van der Waals surface area contributed by atoms with Crippen molar-refractivity contribution >= 4 is 11.6 Å². The normalized spacial score (nSPS) is 24.0. The van der Waals surface area contributed by atoms with Gasteiger partial charge in [-0.2, -0.15) is 0 Å². The molecule has 1 aliphatic rings. The Morgan fingerprint density at radius 2 is 1.71 bits per heavy atom. The van der Waals surface area contributed by atoms with Crippen molar-refractivity contribution in [2.45, 2.75) is 77.6 Å². The maximum absolute atomic E-state index is 5.99. The Bertz CT molecular complexity index is 387. The van der Waals surface area contributed by atoms with Crippen molar-refractivity contribution in [3.05, 3.63) is 34.9 Å². The van der Waals surface area contributed by atoms with Gasteiger partial charge in [0.1, 0.15) is 0 Å². The fourth-order valence-electron chi connectivity index (χ4n) is 3.92. The van der Waals surface area contributed by atoms with Gasteiger partial charge in [0.15, 0.2) is 0 Å². The van der Waals surface area contributed by atoms with E-state index in [4.69, 9.17) is 11.6 Å². The van der Waals surface area contributed by atoms with Gasteiger partial charge in [0.2, 0.25) is 0 Å². The first-order chi connectivity index (χ1) is 10.2. The van der Waals surface area contributed by atoms with Crippen molar-refractivity contribution < 1.29 is 0 Å². The van der Waals surface area contributed by atoms with Crippen LogP contribution >= 0.6 is 11.6 Å². The summed E-state index contributed by atoms with van der Waals surface area (Å²) in [4.78, 5) is 0. The predicted molar refractivity (Wildman–Crippen MR) is 94.1 cm³/mol. The molecule has 1 atom stereocenters. The number of rotatable bonds is 7. The number of halogens is 1. The molecule has 1 fully saturated rings. The number of benzene rings is 1. The Kier molecular flexibility index (Phi) is 7.10. The SMILES string of the molecule is CCCCC(CC)CC1CCC(c2ccc(Cl)cc2)CC1. The summed E-state index contributed by atoms with van der Waals surface area (Å²) in [7, 11) is 0. The predicted octanol–water partition coefficient (Wildman–Crippen LogP) is 7.22. The van der Waals surface area contributed by atoms with Crippen molar-refractivity contribution in [1.82, 2.24) is 0 Å². The summed E-state index contributed by atoms with van der Waals surface area (Å²) in [6.07, 6.45) is 12.7. The van der Waals surface area contributed by atoms with E-state index in [9.17, 15) is 0 Å². The largest absolute Gasteiger partial charge is 0.0843 e. The molecule has 1 saturated carbocycles. The van der Waals surface area contributed by atoms with Crippen LogP contribution in [0, 0.1) is 11.8 Å². The lowest BCUT2D eigenvalue weighted by Gasteiger charge is -2.31. The monoisotopic (exact) mass is 306 g/mol. The Hall–Kier alpha value is -0.490. The Balaban J connectivity index is 1.78. The van der Waals surface area contributed by atoms with E-state index in [0.717, 1.165) is 22.8 Å². The van der Waals surface area contributed by atoms with Crippen LogP contribution in [0.5, 0.6) is 0 Å². The van der Waals surface area contributed by atoms with Crippen molar-refractivity contribution in [3.63, 3.8) is 0 Å². The molecule has 0 aliphatic heterocycles. The van der Waals surface area contributed by atoms with E-state index in [-0.39, 0.29) is 0 Å². The fraction of sp³-hybridized carbons (Fsp3) is 0.700. The van der Waals surface area contributed by atoms with Gasteiger partial charge in [-0.1, -0.05) is 63.3 Å². The summed E-state index contributed by atoms with van der Waals surface area (Å²) >= 11 is 5.99. The van der Waals surface area contributed by atoms with Crippen molar-refractivity contribution in [3.8, 4) is 0 Å². The van der Waals surface area contributed by atoms with Crippen LogP contribution in [0.15, 0.2) is 24.3 Å². The summed E-state index contributed by atoms with van der Waals surface area (Å²) in [5.41, 5.74) is 1.50. The van der Waals surface area contributed by atoms with Crippen molar-refractivity contribution in [1.29, 1.82) is 0 Å². The molecular formula is C20H31Cl. The van der Waals surface area contributed by atoms with Crippen LogP contribution in [0.4, 0.5) is 0 Å². The smallest absolute Gasteiger partial charge is 0.0406 e. The molecule has 0 spiro atoms. The molecule has 1 unspecified atom stereocenters. The van der Waals surface area contributed by atoms with E-state index in [1.54, 1.807) is 0 Å². The van der Waals surface area contributed by atoms with Crippen molar-refractivity contribution in [2.24, 2.45) is 11.8 Å². The molecule has 118 valence electrons. The highest BCUT2D eigenvalue weighted by molar-refractivity contribution is 6.30. The summed E-state index contributed by atoms with van der Waals surface area (Å²) in [5.74, 6) is 2.73. The Morgan fingerprint density at radius 3 is 2.29 bits per heavy atom. The number of unbranched alkanes of at least 4 members (excludes halogenated alkanes) is 1. The standard InChI is InChI=1S/C20H31Cl/c1-3-5-6-16(4-2)15-17-7-9-18(10-8-17)19-11-13-20(21)14-12-19/h11-14,16-18H,3-10,15H2,1-2H3. The summed E-state index contributed by atoms with van der Waals surface area (Å²) in [5, 5.41) is 0.856. The highest BCUT2D eigenvalue weighted by atomic mass is 35.5. The molecule has 0 bridgehead atoms. The van der Waals surface area contributed by atoms with E-state index in [2.05, 4.69) is 26.0 Å². The third kappa shape index (κ3) is 5.33. The lowest BCUT2D eigenvalue weighted by Crippen LogP contribution is -2.16. The molecule has 21 heavy (non-hydrogen) atoms. The first kappa shape index (κ1) is 16.9. The maximum atomic E-state index is 5.99. The molecule has 0 aromatic heterocycles. The van der Waals surface area contributed by atoms with Gasteiger partial charge in [0, 0.05) is 5.02 Å². The molecule has 0 N–H and O–H groups in total. The average Bonchev–Trinajstić information content (AvgIpc) is 2.53. The first-order valence-electron chi connectivity index (χ1n) is 8.98. The van der Waals surface area contributed by atoms with Crippen LogP contribution in [-0.4, -0.2) is 0 Å². The van der Waals surface area contributed by atoms with Crippen LogP contribution in [0.25, 0.3) is 0 Å². The third-order valence-electron chi connectivity index (χ3n) is 5.40. The van der Waals surface area contributed by atoms with Crippen LogP contribution in [0.1, 0.15) is 83.1 Å². The van der Waals surface area contributed by atoms with E-state index >= 15 is 0 Å². The van der Waals surface area contributed by atoms with Gasteiger partial charge in [-0.05, 0) is 67.6 Å². The molecular weight excluding hydrogens is 276 g/mol. The Morgan fingerprint density at radius 1 is 1.05 bits per heavy atom. The van der Waals surface area contributed by atoms with Crippen LogP contribution < -0.4 is 0 Å². The number of hydrogen-bond acceptors (Lipinski definition) is 0. The minimum atomic E-state index is 0.772. The van der Waals surface area contributed by atoms with Gasteiger partial charge in [-0.25, -0.2) is 0 Å². The highest BCUT2D eigenvalue weighted by Gasteiger charge is 2.24. The molecule has 0 amide bonds. The van der Waals surface area contributed by atoms with E-state index in [1.807, 2.05) is 12.1 Å². The van der Waals surface area contributed by atoms with Crippen molar-refractivity contribution in [2.75, 3.05) is 0 Å². The molecule has 0 radical (unpaired) electrons. The summed E-state index contributed by atoms with van der Waals surface area (Å²) in [6, 6.07) is 8.54. The van der Waals surface area contributed by atoms with Gasteiger partial charge in [0.25, 0.3) is 0 Å². The minimum absolute atomic E-state index is 0.772. The molecule has 0 nitrogen and oxygen atoms in total. The second kappa shape index (κ2) is 8.83. The molecule has 1 aliphatic carbocycles. The van der Waals surface area contributed by atoms with Crippen LogP contribution in [0.3, 0.4) is 0 Å². The van der Waals surface area contributed by atoms with Gasteiger partial charge in [-0.3, -0.25) is 0 Å². The lowest BCUT2D eigenvalue weighted by molar-refractivity contribution is 0.256. The zero-order valence-electron chi connectivity index (χ0n) is 13.8. The fourth-order valence-corrected chi connectivity index (χ4v) is 4.05. The lowest BCUT2D eigenvalue weighted by atomic mass is 9.75. The molecule has 0 heterocycles. The molecule has 1 aromatic rings. The van der Waals surface area contributed by atoms with Gasteiger partial charge >= 0.3 is 0 Å². The summed E-state index contributed by atoms with van der Waals surface area (Å²) < 4.78 is 0.